The van der Waals surface area contributed by atoms with Crippen molar-refractivity contribution in [1.82, 2.24) is 0 Å². The Bertz CT molecular complexity index is 105. The standard InChI is InChI=1S/C6H13NO3/c1-2-3-10-6(9)5(8)4-7/h5,8H,2-4,7H2,1H3/t5-/m0/s1. The number of ether oxygens (including phenoxy) is 1. The van der Waals surface area contributed by atoms with Crippen LogP contribution < -0.4 is 5.73 Å². The highest BCUT2D eigenvalue weighted by Gasteiger charge is 2.12. The molecule has 0 fully saturated rings. The normalized spacial score (nSPS) is 12.7. The van der Waals surface area contributed by atoms with Crippen LogP contribution in [0.5, 0.6) is 0 Å². The van der Waals surface area contributed by atoms with E-state index in [1.54, 1.807) is 0 Å². The molecule has 3 N–H and O–H groups in total. The van der Waals surface area contributed by atoms with Crippen molar-refractivity contribution in [2.45, 2.75) is 19.4 Å². The summed E-state index contributed by atoms with van der Waals surface area (Å²) in [6, 6.07) is 0. The zero-order valence-electron chi connectivity index (χ0n) is 6.04. The zero-order valence-corrected chi connectivity index (χ0v) is 6.04. The van der Waals surface area contributed by atoms with E-state index < -0.39 is 12.1 Å². The van der Waals surface area contributed by atoms with Gasteiger partial charge in [0.15, 0.2) is 6.10 Å². The minimum atomic E-state index is -1.16. The van der Waals surface area contributed by atoms with Crippen molar-refractivity contribution in [3.63, 3.8) is 0 Å². The Morgan fingerprint density at radius 2 is 2.40 bits per heavy atom. The number of hydrogen-bond acceptors (Lipinski definition) is 4. The van der Waals surface area contributed by atoms with Gasteiger partial charge >= 0.3 is 5.97 Å². The van der Waals surface area contributed by atoms with Gasteiger partial charge in [-0.1, -0.05) is 6.92 Å². The topological polar surface area (TPSA) is 72.5 Å². The highest BCUT2D eigenvalue weighted by atomic mass is 16.5. The average molecular weight is 147 g/mol. The van der Waals surface area contributed by atoms with Gasteiger partial charge in [0.1, 0.15) is 0 Å². The predicted octanol–water partition coefficient (Wildman–Crippen LogP) is -0.741. The maximum atomic E-state index is 10.6. The Balaban J connectivity index is 3.42. The lowest BCUT2D eigenvalue weighted by molar-refractivity contribution is -0.152. The molecule has 0 rings (SSSR count). The number of aliphatic hydroxyl groups is 1. The van der Waals surface area contributed by atoms with Crippen LogP contribution >= 0.6 is 0 Å². The van der Waals surface area contributed by atoms with Crippen LogP contribution in [0.2, 0.25) is 0 Å². The molecule has 0 saturated carbocycles. The summed E-state index contributed by atoms with van der Waals surface area (Å²) < 4.78 is 4.57. The average Bonchev–Trinajstić information content (AvgIpc) is 1.98. The second-order valence-electron chi connectivity index (χ2n) is 1.92. The van der Waals surface area contributed by atoms with Crippen molar-refractivity contribution < 1.29 is 14.6 Å². The molecule has 0 aromatic carbocycles. The number of rotatable bonds is 4. The molecule has 0 aliphatic carbocycles. The molecule has 0 bridgehead atoms. The molecule has 4 nitrogen and oxygen atoms in total. The quantitative estimate of drug-likeness (QED) is 0.514. The van der Waals surface area contributed by atoms with Gasteiger partial charge in [-0.15, -0.1) is 0 Å². The summed E-state index contributed by atoms with van der Waals surface area (Å²) in [6.45, 7) is 2.14. The molecular weight excluding hydrogens is 134 g/mol. The molecule has 0 amide bonds. The van der Waals surface area contributed by atoms with E-state index in [-0.39, 0.29) is 6.54 Å². The molecule has 0 unspecified atom stereocenters. The second-order valence-corrected chi connectivity index (χ2v) is 1.92. The SMILES string of the molecule is CCCOC(=O)[C@@H](O)CN. The van der Waals surface area contributed by atoms with Crippen molar-refractivity contribution in [2.24, 2.45) is 5.73 Å². The fourth-order valence-electron chi connectivity index (χ4n) is 0.395. The summed E-state index contributed by atoms with van der Waals surface area (Å²) in [4.78, 5) is 10.6. The van der Waals surface area contributed by atoms with E-state index >= 15 is 0 Å². The molecule has 10 heavy (non-hydrogen) atoms. The van der Waals surface area contributed by atoms with E-state index in [9.17, 15) is 4.79 Å². The van der Waals surface area contributed by atoms with Gasteiger partial charge in [-0.3, -0.25) is 0 Å². The Morgan fingerprint density at radius 3 is 2.80 bits per heavy atom. The highest BCUT2D eigenvalue weighted by molar-refractivity contribution is 5.74. The van der Waals surface area contributed by atoms with Crippen molar-refractivity contribution in [3.8, 4) is 0 Å². The third-order valence-electron chi connectivity index (χ3n) is 0.944. The molecule has 0 aliphatic heterocycles. The van der Waals surface area contributed by atoms with Crippen LogP contribution in [-0.2, 0) is 9.53 Å². The van der Waals surface area contributed by atoms with Crippen LogP contribution in [0, 0.1) is 0 Å². The second kappa shape index (κ2) is 5.20. The molecule has 0 saturated heterocycles. The molecule has 60 valence electrons. The smallest absolute Gasteiger partial charge is 0.336 e. The molecular formula is C6H13NO3. The van der Waals surface area contributed by atoms with E-state index in [0.717, 1.165) is 6.42 Å². The van der Waals surface area contributed by atoms with Crippen molar-refractivity contribution in [2.75, 3.05) is 13.2 Å². The van der Waals surface area contributed by atoms with E-state index in [4.69, 9.17) is 10.8 Å². The van der Waals surface area contributed by atoms with Crippen LogP contribution in [0.1, 0.15) is 13.3 Å². The number of esters is 1. The Hall–Kier alpha value is -0.610. The van der Waals surface area contributed by atoms with E-state index in [1.165, 1.54) is 0 Å². The monoisotopic (exact) mass is 147 g/mol. The summed E-state index contributed by atoms with van der Waals surface area (Å²) in [5.74, 6) is -0.635. The van der Waals surface area contributed by atoms with Gasteiger partial charge in [-0.25, -0.2) is 4.79 Å². The van der Waals surface area contributed by atoms with Gasteiger partial charge in [0, 0.05) is 6.54 Å². The van der Waals surface area contributed by atoms with Crippen LogP contribution in [0.25, 0.3) is 0 Å². The Kier molecular flexibility index (Phi) is 4.88. The van der Waals surface area contributed by atoms with Gasteiger partial charge in [0.05, 0.1) is 6.61 Å². The highest BCUT2D eigenvalue weighted by Crippen LogP contribution is 1.87. The van der Waals surface area contributed by atoms with Crippen LogP contribution in [0.3, 0.4) is 0 Å². The number of nitrogens with two attached hydrogens (primary N) is 1. The summed E-state index contributed by atoms with van der Waals surface area (Å²) >= 11 is 0. The van der Waals surface area contributed by atoms with Gasteiger partial charge in [-0.2, -0.15) is 0 Å². The van der Waals surface area contributed by atoms with Gasteiger partial charge in [0.25, 0.3) is 0 Å². The number of aliphatic hydroxyl groups excluding tert-OH is 1. The van der Waals surface area contributed by atoms with Crippen LogP contribution in [0.4, 0.5) is 0 Å². The lowest BCUT2D eigenvalue weighted by atomic mass is 10.4. The molecule has 0 spiro atoms. The van der Waals surface area contributed by atoms with Gasteiger partial charge in [0.2, 0.25) is 0 Å². The molecule has 0 aliphatic rings. The summed E-state index contributed by atoms with van der Waals surface area (Å²) in [6.07, 6.45) is -0.408. The summed E-state index contributed by atoms with van der Waals surface area (Å²) in [5, 5.41) is 8.75. The van der Waals surface area contributed by atoms with Crippen molar-refractivity contribution >= 4 is 5.97 Å². The molecule has 0 radical (unpaired) electrons. The molecule has 0 heterocycles. The third-order valence-corrected chi connectivity index (χ3v) is 0.944. The van der Waals surface area contributed by atoms with E-state index in [2.05, 4.69) is 4.74 Å². The largest absolute Gasteiger partial charge is 0.464 e. The van der Waals surface area contributed by atoms with Crippen molar-refractivity contribution in [1.29, 1.82) is 0 Å². The van der Waals surface area contributed by atoms with E-state index in [1.807, 2.05) is 6.92 Å². The molecule has 4 heteroatoms. The minimum Gasteiger partial charge on any atom is -0.464 e. The maximum absolute atomic E-state index is 10.6. The first-order valence-corrected chi connectivity index (χ1v) is 3.27. The first-order chi connectivity index (χ1) is 4.72. The predicted molar refractivity (Wildman–Crippen MR) is 36.3 cm³/mol. The fraction of sp³-hybridized carbons (Fsp3) is 0.833. The first-order valence-electron chi connectivity index (χ1n) is 3.27. The fourth-order valence-corrected chi connectivity index (χ4v) is 0.395. The van der Waals surface area contributed by atoms with E-state index in [0.29, 0.717) is 6.61 Å². The van der Waals surface area contributed by atoms with Crippen LogP contribution in [-0.4, -0.2) is 30.3 Å². The maximum Gasteiger partial charge on any atom is 0.336 e. The number of hydrogen-bond donors (Lipinski definition) is 2. The number of carbonyl (C=O) groups is 1. The lowest BCUT2D eigenvalue weighted by Crippen LogP contribution is -2.30. The third kappa shape index (κ3) is 3.42. The molecule has 0 aromatic rings. The molecule has 1 atom stereocenters. The van der Waals surface area contributed by atoms with Gasteiger partial charge < -0.3 is 15.6 Å². The number of carbonyl (C=O) groups excluding carboxylic acids is 1. The molecule has 0 aromatic heterocycles. The minimum absolute atomic E-state index is 0.0808. The lowest BCUT2D eigenvalue weighted by Gasteiger charge is -2.06. The zero-order chi connectivity index (χ0) is 7.98. The Labute approximate surface area is 60.0 Å². The van der Waals surface area contributed by atoms with Crippen molar-refractivity contribution in [3.05, 3.63) is 0 Å². The van der Waals surface area contributed by atoms with Crippen LogP contribution in [0.15, 0.2) is 0 Å². The Morgan fingerprint density at radius 1 is 1.80 bits per heavy atom. The summed E-state index contributed by atoms with van der Waals surface area (Å²) in [7, 11) is 0. The summed E-state index contributed by atoms with van der Waals surface area (Å²) in [5.41, 5.74) is 4.99. The van der Waals surface area contributed by atoms with Gasteiger partial charge in [-0.05, 0) is 6.42 Å². The first kappa shape index (κ1) is 9.39.